The summed E-state index contributed by atoms with van der Waals surface area (Å²) in [4.78, 5) is 23.9. The zero-order valence-corrected chi connectivity index (χ0v) is 13.0. The first-order valence-corrected chi connectivity index (χ1v) is 7.86. The molecular weight excluding hydrogens is 378 g/mol. The number of ether oxygens (including phenoxy) is 1. The minimum absolute atomic E-state index is 0. The molecule has 0 aromatic rings. The van der Waals surface area contributed by atoms with E-state index in [9.17, 15) is 9.59 Å². The van der Waals surface area contributed by atoms with Gasteiger partial charge in [-0.1, -0.05) is 53.4 Å². The van der Waals surface area contributed by atoms with Crippen molar-refractivity contribution in [2.24, 2.45) is 11.8 Å². The molecule has 2 unspecified atom stereocenters. The van der Waals surface area contributed by atoms with Crippen LogP contribution in [0.2, 0.25) is 0 Å². The van der Waals surface area contributed by atoms with E-state index < -0.39 is 0 Å². The van der Waals surface area contributed by atoms with Crippen molar-refractivity contribution in [2.45, 2.75) is 79.1 Å². The topological polar surface area (TPSA) is 43.4 Å². The molecule has 0 bridgehead atoms. The van der Waals surface area contributed by atoms with Crippen LogP contribution in [0.5, 0.6) is 0 Å². The average Bonchev–Trinajstić information content (AvgIpc) is 2.40. The second-order valence-corrected chi connectivity index (χ2v) is 5.23. The van der Waals surface area contributed by atoms with Crippen LogP contribution in [0.3, 0.4) is 0 Å². The monoisotopic (exact) mass is 410 g/mol. The van der Waals surface area contributed by atoms with Crippen LogP contribution < -0.4 is 0 Å². The number of hydrogen-bond acceptors (Lipinski definition) is 3. The van der Waals surface area contributed by atoms with E-state index in [2.05, 4.69) is 13.8 Å². The molecule has 20 heavy (non-hydrogen) atoms. The first-order chi connectivity index (χ1) is 9.10. The van der Waals surface area contributed by atoms with Crippen LogP contribution in [0.15, 0.2) is 0 Å². The summed E-state index contributed by atoms with van der Waals surface area (Å²) in [6, 6.07) is 0. The fourth-order valence-corrected chi connectivity index (χ4v) is 2.14. The van der Waals surface area contributed by atoms with Gasteiger partial charge in [-0.05, 0) is 25.7 Å². The van der Waals surface area contributed by atoms with Gasteiger partial charge in [-0.15, -0.1) is 0 Å². The summed E-state index contributed by atoms with van der Waals surface area (Å²) < 4.78 is 5.07. The molecule has 0 radical (unpaired) electrons. The Morgan fingerprint density at radius 3 is 1.40 bits per heavy atom. The zero-order chi connectivity index (χ0) is 14.7. The molecule has 0 aromatic heterocycles. The summed E-state index contributed by atoms with van der Waals surface area (Å²) in [5.74, 6) is -0.882. The Kier molecular flexibility index (Phi) is 16.8. The molecular formula is C16H32BaO3. The second kappa shape index (κ2) is 14.6. The van der Waals surface area contributed by atoms with Gasteiger partial charge in [-0.25, -0.2) is 0 Å². The Morgan fingerprint density at radius 2 is 1.15 bits per heavy atom. The van der Waals surface area contributed by atoms with Crippen LogP contribution in [0.1, 0.15) is 79.1 Å². The molecule has 0 spiro atoms. The minimum atomic E-state index is -0.323. The standard InChI is InChI=1S/C16H30O3.Ba.2H/c1-5-9-11-13(7-3)15(17)19-16(18)14(8-4)12-10-6-2;;;/h13-14H,5-12H2,1-4H3;;;. The van der Waals surface area contributed by atoms with Crippen LogP contribution in [-0.4, -0.2) is 60.8 Å². The van der Waals surface area contributed by atoms with E-state index >= 15 is 0 Å². The van der Waals surface area contributed by atoms with Crippen LogP contribution in [0, 0.1) is 11.8 Å². The molecule has 116 valence electrons. The maximum absolute atomic E-state index is 11.9. The zero-order valence-electron chi connectivity index (χ0n) is 13.0. The maximum atomic E-state index is 11.9. The van der Waals surface area contributed by atoms with Gasteiger partial charge in [0, 0.05) is 0 Å². The SMILES string of the molecule is CCCCC(CC)C(=O)OC(=O)C(CC)CCCC.[BaH2]. The van der Waals surface area contributed by atoms with Gasteiger partial charge < -0.3 is 4.74 Å². The Balaban J connectivity index is 0. The van der Waals surface area contributed by atoms with E-state index in [-0.39, 0.29) is 72.7 Å². The van der Waals surface area contributed by atoms with Crippen LogP contribution in [-0.2, 0) is 14.3 Å². The Bertz CT molecular complexity index is 240. The van der Waals surface area contributed by atoms with Gasteiger partial charge in [-0.3, -0.25) is 9.59 Å². The molecule has 0 heterocycles. The fraction of sp³-hybridized carbons (Fsp3) is 0.875. The molecule has 0 aliphatic heterocycles. The van der Waals surface area contributed by atoms with Gasteiger partial charge in [-0.2, -0.15) is 0 Å². The number of hydrogen-bond donors (Lipinski definition) is 0. The van der Waals surface area contributed by atoms with Gasteiger partial charge in [0.1, 0.15) is 0 Å². The number of unbranched alkanes of at least 4 members (excludes halogenated alkanes) is 2. The predicted molar refractivity (Wildman–Crippen MR) is 86.3 cm³/mol. The number of rotatable bonds is 10. The van der Waals surface area contributed by atoms with Gasteiger partial charge in [0.25, 0.3) is 0 Å². The third kappa shape index (κ3) is 9.61. The van der Waals surface area contributed by atoms with Crippen molar-refractivity contribution in [3.8, 4) is 0 Å². The van der Waals surface area contributed by atoms with Gasteiger partial charge in [0.05, 0.1) is 11.8 Å². The molecule has 0 N–H and O–H groups in total. The second-order valence-electron chi connectivity index (χ2n) is 5.23. The first kappa shape index (κ1) is 23.0. The van der Waals surface area contributed by atoms with Crippen LogP contribution >= 0.6 is 0 Å². The molecule has 4 heteroatoms. The molecule has 0 aliphatic carbocycles. The number of carbonyl (C=O) groups excluding carboxylic acids is 2. The van der Waals surface area contributed by atoms with Crippen molar-refractivity contribution in [3.05, 3.63) is 0 Å². The molecule has 0 saturated carbocycles. The summed E-state index contributed by atoms with van der Waals surface area (Å²) in [5.41, 5.74) is 0. The Labute approximate surface area is 164 Å². The van der Waals surface area contributed by atoms with Gasteiger partial charge in [0.2, 0.25) is 0 Å². The van der Waals surface area contributed by atoms with Crippen molar-refractivity contribution in [3.63, 3.8) is 0 Å². The van der Waals surface area contributed by atoms with E-state index in [4.69, 9.17) is 4.74 Å². The van der Waals surface area contributed by atoms with Crippen molar-refractivity contribution < 1.29 is 14.3 Å². The summed E-state index contributed by atoms with van der Waals surface area (Å²) in [5, 5.41) is 0. The van der Waals surface area contributed by atoms with Crippen molar-refractivity contribution in [2.75, 3.05) is 0 Å². The van der Waals surface area contributed by atoms with Crippen LogP contribution in [0.4, 0.5) is 0 Å². The fourth-order valence-electron chi connectivity index (χ4n) is 2.14. The molecule has 0 amide bonds. The number of carbonyl (C=O) groups is 2. The number of esters is 2. The van der Waals surface area contributed by atoms with Crippen LogP contribution in [0.25, 0.3) is 0 Å². The quantitative estimate of drug-likeness (QED) is 0.315. The predicted octanol–water partition coefficient (Wildman–Crippen LogP) is 3.57. The molecule has 0 rings (SSSR count). The van der Waals surface area contributed by atoms with Crippen molar-refractivity contribution in [1.82, 2.24) is 0 Å². The molecule has 0 aliphatic rings. The molecule has 2 atom stereocenters. The third-order valence-electron chi connectivity index (χ3n) is 3.67. The van der Waals surface area contributed by atoms with Crippen molar-refractivity contribution >= 4 is 60.8 Å². The Hall–Kier alpha value is 0.711. The van der Waals surface area contributed by atoms with Gasteiger partial charge in [0.15, 0.2) is 0 Å². The Morgan fingerprint density at radius 1 is 0.800 bits per heavy atom. The van der Waals surface area contributed by atoms with E-state index in [0.717, 1.165) is 51.4 Å². The molecule has 0 aromatic carbocycles. The summed E-state index contributed by atoms with van der Waals surface area (Å²) >= 11 is 0. The van der Waals surface area contributed by atoms with Crippen molar-refractivity contribution in [1.29, 1.82) is 0 Å². The summed E-state index contributed by atoms with van der Waals surface area (Å²) in [7, 11) is 0. The first-order valence-electron chi connectivity index (χ1n) is 7.86. The molecule has 3 nitrogen and oxygen atoms in total. The molecule has 0 fully saturated rings. The van der Waals surface area contributed by atoms with E-state index in [1.165, 1.54) is 0 Å². The van der Waals surface area contributed by atoms with E-state index in [1.807, 2.05) is 13.8 Å². The van der Waals surface area contributed by atoms with E-state index in [1.54, 1.807) is 0 Å². The normalized spacial score (nSPS) is 13.2. The average molecular weight is 410 g/mol. The third-order valence-corrected chi connectivity index (χ3v) is 3.67. The van der Waals surface area contributed by atoms with Gasteiger partial charge >= 0.3 is 60.8 Å². The molecule has 0 saturated heterocycles. The van der Waals surface area contributed by atoms with E-state index in [0.29, 0.717) is 0 Å². The summed E-state index contributed by atoms with van der Waals surface area (Å²) in [6.07, 6.45) is 7.28. The summed E-state index contributed by atoms with van der Waals surface area (Å²) in [6.45, 7) is 8.14.